The molecule has 2 aromatic carbocycles. The van der Waals surface area contributed by atoms with E-state index >= 15 is 0 Å². The van der Waals surface area contributed by atoms with Gasteiger partial charge in [0.15, 0.2) is 11.5 Å². The minimum Gasteiger partial charge on any atom is -0.493 e. The summed E-state index contributed by atoms with van der Waals surface area (Å²) >= 11 is 3.32. The second kappa shape index (κ2) is 5.69. The molecule has 0 aliphatic carbocycles. The molecule has 0 aromatic heterocycles. The van der Waals surface area contributed by atoms with E-state index in [1.807, 2.05) is 12.1 Å². The lowest BCUT2D eigenvalue weighted by atomic mass is 10.2. The zero-order chi connectivity index (χ0) is 13.0. The second-order valence-electron chi connectivity index (χ2n) is 3.55. The highest BCUT2D eigenvalue weighted by atomic mass is 79.9. The van der Waals surface area contributed by atoms with E-state index < -0.39 is 5.97 Å². The number of benzene rings is 2. The molecule has 18 heavy (non-hydrogen) atoms. The van der Waals surface area contributed by atoms with Crippen molar-refractivity contribution in [2.75, 3.05) is 7.11 Å². The Labute approximate surface area is 113 Å². The number of hydrogen-bond donors (Lipinski definition) is 0. The number of carbonyl (C=O) groups is 1. The molecule has 0 radical (unpaired) electrons. The fraction of sp³-hybridized carbons (Fsp3) is 0.0714. The van der Waals surface area contributed by atoms with E-state index in [0.717, 1.165) is 4.47 Å². The minimum absolute atomic E-state index is 0.390. The highest BCUT2D eigenvalue weighted by molar-refractivity contribution is 9.10. The van der Waals surface area contributed by atoms with Crippen LogP contribution >= 0.6 is 15.9 Å². The third-order valence-corrected chi connectivity index (χ3v) is 2.83. The molecule has 92 valence electrons. The van der Waals surface area contributed by atoms with Crippen molar-refractivity contribution in [3.63, 3.8) is 0 Å². The van der Waals surface area contributed by atoms with Gasteiger partial charge in [0.1, 0.15) is 0 Å². The van der Waals surface area contributed by atoms with Crippen molar-refractivity contribution >= 4 is 21.9 Å². The lowest BCUT2D eigenvalue weighted by molar-refractivity contribution is 0.0729. The third-order valence-electron chi connectivity index (χ3n) is 2.34. The fourth-order valence-corrected chi connectivity index (χ4v) is 1.80. The smallest absolute Gasteiger partial charge is 0.343 e. The van der Waals surface area contributed by atoms with Gasteiger partial charge in [-0.15, -0.1) is 0 Å². The van der Waals surface area contributed by atoms with E-state index in [4.69, 9.17) is 9.47 Å². The molecule has 0 aliphatic heterocycles. The zero-order valence-electron chi connectivity index (χ0n) is 9.72. The summed E-state index contributed by atoms with van der Waals surface area (Å²) in [6.07, 6.45) is 0. The summed E-state index contributed by atoms with van der Waals surface area (Å²) < 4.78 is 11.3. The summed E-state index contributed by atoms with van der Waals surface area (Å²) in [6.45, 7) is 0. The van der Waals surface area contributed by atoms with E-state index in [1.165, 1.54) is 7.11 Å². The van der Waals surface area contributed by atoms with Gasteiger partial charge in [-0.25, -0.2) is 4.79 Å². The molecule has 0 atom stereocenters. The van der Waals surface area contributed by atoms with Crippen LogP contribution in [0.3, 0.4) is 0 Å². The summed E-state index contributed by atoms with van der Waals surface area (Å²) in [5, 5.41) is 0. The first-order valence-electron chi connectivity index (χ1n) is 5.31. The molecule has 0 fully saturated rings. The molecule has 0 heterocycles. The van der Waals surface area contributed by atoms with Gasteiger partial charge >= 0.3 is 5.97 Å². The van der Waals surface area contributed by atoms with Gasteiger partial charge in [-0.1, -0.05) is 34.1 Å². The molecular formula is C14H11BrO3. The largest absolute Gasteiger partial charge is 0.493 e. The van der Waals surface area contributed by atoms with E-state index in [0.29, 0.717) is 17.1 Å². The highest BCUT2D eigenvalue weighted by Gasteiger charge is 2.12. The van der Waals surface area contributed by atoms with Gasteiger partial charge in [0.05, 0.1) is 12.7 Å². The Bertz CT molecular complexity index is 552. The van der Waals surface area contributed by atoms with Gasteiger partial charge < -0.3 is 9.47 Å². The molecule has 0 spiro atoms. The Morgan fingerprint density at radius 1 is 1.06 bits per heavy atom. The van der Waals surface area contributed by atoms with Crippen LogP contribution in [0, 0.1) is 0 Å². The molecular weight excluding hydrogens is 296 g/mol. The summed E-state index contributed by atoms with van der Waals surface area (Å²) in [5.74, 6) is 0.496. The van der Waals surface area contributed by atoms with E-state index in [1.54, 1.807) is 36.4 Å². The molecule has 0 amide bonds. The quantitative estimate of drug-likeness (QED) is 0.641. The Balaban J connectivity index is 2.24. The van der Waals surface area contributed by atoms with Crippen molar-refractivity contribution in [3.8, 4) is 11.5 Å². The van der Waals surface area contributed by atoms with Crippen molar-refractivity contribution in [2.45, 2.75) is 0 Å². The van der Waals surface area contributed by atoms with Gasteiger partial charge in [0.25, 0.3) is 0 Å². The molecule has 0 saturated heterocycles. The van der Waals surface area contributed by atoms with Crippen LogP contribution in [0.15, 0.2) is 53.0 Å². The normalized spacial score (nSPS) is 9.89. The van der Waals surface area contributed by atoms with Gasteiger partial charge in [-0.05, 0) is 30.3 Å². The van der Waals surface area contributed by atoms with Crippen molar-refractivity contribution in [2.24, 2.45) is 0 Å². The number of esters is 1. The van der Waals surface area contributed by atoms with Crippen LogP contribution < -0.4 is 9.47 Å². The maximum Gasteiger partial charge on any atom is 0.343 e. The molecule has 0 aliphatic rings. The number of hydrogen-bond acceptors (Lipinski definition) is 3. The van der Waals surface area contributed by atoms with Gasteiger partial charge in [0, 0.05) is 4.47 Å². The van der Waals surface area contributed by atoms with Crippen molar-refractivity contribution < 1.29 is 14.3 Å². The average molecular weight is 307 g/mol. The monoisotopic (exact) mass is 306 g/mol. The minimum atomic E-state index is -0.410. The molecule has 0 N–H and O–H groups in total. The standard InChI is InChI=1S/C14H11BrO3/c1-17-12-8-7-11(15)9-13(12)18-14(16)10-5-3-2-4-6-10/h2-9H,1H3. The van der Waals surface area contributed by atoms with E-state index in [-0.39, 0.29) is 0 Å². The van der Waals surface area contributed by atoms with Crippen molar-refractivity contribution in [1.82, 2.24) is 0 Å². The second-order valence-corrected chi connectivity index (χ2v) is 4.47. The topological polar surface area (TPSA) is 35.5 Å². The first kappa shape index (κ1) is 12.6. The zero-order valence-corrected chi connectivity index (χ0v) is 11.3. The SMILES string of the molecule is COc1ccc(Br)cc1OC(=O)c1ccccc1. The first-order chi connectivity index (χ1) is 8.70. The van der Waals surface area contributed by atoms with Crippen molar-refractivity contribution in [1.29, 1.82) is 0 Å². The number of methoxy groups -OCH3 is 1. The van der Waals surface area contributed by atoms with Gasteiger partial charge in [-0.2, -0.15) is 0 Å². The van der Waals surface area contributed by atoms with Crippen LogP contribution in [-0.2, 0) is 0 Å². The fourth-order valence-electron chi connectivity index (χ4n) is 1.46. The summed E-state index contributed by atoms with van der Waals surface area (Å²) in [5.41, 5.74) is 0.500. The van der Waals surface area contributed by atoms with E-state index in [2.05, 4.69) is 15.9 Å². The summed E-state index contributed by atoms with van der Waals surface area (Å²) in [7, 11) is 1.53. The van der Waals surface area contributed by atoms with Crippen LogP contribution in [0.4, 0.5) is 0 Å². The van der Waals surface area contributed by atoms with Gasteiger partial charge in [0.2, 0.25) is 0 Å². The number of ether oxygens (including phenoxy) is 2. The Morgan fingerprint density at radius 3 is 2.44 bits per heavy atom. The number of carbonyl (C=O) groups excluding carboxylic acids is 1. The predicted octanol–water partition coefficient (Wildman–Crippen LogP) is 3.68. The first-order valence-corrected chi connectivity index (χ1v) is 6.11. The molecule has 2 rings (SSSR count). The Kier molecular flexibility index (Phi) is 3.99. The summed E-state index contributed by atoms with van der Waals surface area (Å²) in [6, 6.07) is 14.1. The Hall–Kier alpha value is -1.81. The number of rotatable bonds is 3. The number of halogens is 1. The maximum atomic E-state index is 11.9. The summed E-state index contributed by atoms with van der Waals surface area (Å²) in [4.78, 5) is 11.9. The lowest BCUT2D eigenvalue weighted by Gasteiger charge is -2.09. The van der Waals surface area contributed by atoms with Crippen molar-refractivity contribution in [3.05, 3.63) is 58.6 Å². The predicted molar refractivity (Wildman–Crippen MR) is 72.1 cm³/mol. The van der Waals surface area contributed by atoms with Crippen LogP contribution in [-0.4, -0.2) is 13.1 Å². The molecule has 0 unspecified atom stereocenters. The van der Waals surface area contributed by atoms with Crippen LogP contribution in [0.25, 0.3) is 0 Å². The maximum absolute atomic E-state index is 11.9. The van der Waals surface area contributed by atoms with Gasteiger partial charge in [-0.3, -0.25) is 0 Å². The molecule has 0 saturated carbocycles. The average Bonchev–Trinajstić information content (AvgIpc) is 2.40. The highest BCUT2D eigenvalue weighted by Crippen LogP contribution is 2.30. The van der Waals surface area contributed by atoms with Crippen LogP contribution in [0.5, 0.6) is 11.5 Å². The Morgan fingerprint density at radius 2 is 1.78 bits per heavy atom. The van der Waals surface area contributed by atoms with E-state index in [9.17, 15) is 4.79 Å². The molecule has 3 nitrogen and oxygen atoms in total. The van der Waals surface area contributed by atoms with Crippen LogP contribution in [0.1, 0.15) is 10.4 Å². The lowest BCUT2D eigenvalue weighted by Crippen LogP contribution is -2.08. The molecule has 0 bridgehead atoms. The molecule has 4 heteroatoms. The molecule has 2 aromatic rings. The van der Waals surface area contributed by atoms with Crippen LogP contribution in [0.2, 0.25) is 0 Å². The third kappa shape index (κ3) is 2.90.